The summed E-state index contributed by atoms with van der Waals surface area (Å²) in [5.74, 6) is 3.97. The first kappa shape index (κ1) is 29.6. The zero-order valence-electron chi connectivity index (χ0n) is 25.7. The molecule has 0 saturated heterocycles. The van der Waals surface area contributed by atoms with Crippen molar-refractivity contribution < 1.29 is 18.9 Å². The average molecular weight is 616 g/mol. The lowest BCUT2D eigenvalue weighted by Gasteiger charge is -2.28. The minimum absolute atomic E-state index is 0.183. The minimum atomic E-state index is 0.183. The van der Waals surface area contributed by atoms with Crippen molar-refractivity contribution in [2.24, 2.45) is 0 Å². The first-order valence-electron chi connectivity index (χ1n) is 14.7. The van der Waals surface area contributed by atoms with Crippen LogP contribution in [0.3, 0.4) is 0 Å². The van der Waals surface area contributed by atoms with Crippen molar-refractivity contribution in [3.8, 4) is 23.0 Å². The van der Waals surface area contributed by atoms with Gasteiger partial charge in [0.25, 0.3) is 0 Å². The Bertz CT molecular complexity index is 1680. The summed E-state index contributed by atoms with van der Waals surface area (Å²) < 4.78 is 24.4. The molecule has 230 valence electrons. The molecule has 0 spiro atoms. The monoisotopic (exact) mass is 615 g/mol. The van der Waals surface area contributed by atoms with Crippen LogP contribution in [0.15, 0.2) is 48.9 Å². The van der Waals surface area contributed by atoms with Crippen molar-refractivity contribution in [1.29, 1.82) is 0 Å². The van der Waals surface area contributed by atoms with Crippen LogP contribution in [0, 0.1) is 6.92 Å². The van der Waals surface area contributed by atoms with Gasteiger partial charge in [0, 0.05) is 53.3 Å². The molecule has 0 aliphatic heterocycles. The number of ether oxygens (including phenoxy) is 4. The fourth-order valence-electron chi connectivity index (χ4n) is 5.98. The van der Waals surface area contributed by atoms with Gasteiger partial charge in [0.2, 0.25) is 0 Å². The summed E-state index contributed by atoms with van der Waals surface area (Å²) in [7, 11) is 6.61. The molecular weight excluding hydrogens is 578 g/mol. The highest BCUT2D eigenvalue weighted by Crippen LogP contribution is 2.41. The van der Waals surface area contributed by atoms with E-state index >= 15 is 0 Å². The topological polar surface area (TPSA) is 110 Å². The fourth-order valence-corrected chi connectivity index (χ4v) is 6.90. The molecule has 1 aliphatic carbocycles. The maximum atomic E-state index is 5.75. The number of anilines is 1. The molecule has 3 aromatic heterocycles. The average Bonchev–Trinajstić information content (AvgIpc) is 3.71. The van der Waals surface area contributed by atoms with E-state index in [2.05, 4.69) is 27.1 Å². The van der Waals surface area contributed by atoms with Crippen LogP contribution in [-0.2, 0) is 13.1 Å². The lowest BCUT2D eigenvalue weighted by molar-refractivity contribution is 0.300. The number of hydrogen-bond donors (Lipinski definition) is 0. The van der Waals surface area contributed by atoms with Crippen LogP contribution in [0.25, 0.3) is 11.2 Å². The predicted molar refractivity (Wildman–Crippen MR) is 169 cm³/mol. The molecule has 6 rings (SSSR count). The maximum absolute atomic E-state index is 5.75. The van der Waals surface area contributed by atoms with E-state index in [9.17, 15) is 0 Å². The normalized spacial score (nSPS) is 16.6. The number of rotatable bonds is 11. The Morgan fingerprint density at radius 3 is 2.14 bits per heavy atom. The summed E-state index contributed by atoms with van der Waals surface area (Å²) in [6.07, 6.45) is 7.80. The Morgan fingerprint density at radius 1 is 0.864 bits per heavy atom. The van der Waals surface area contributed by atoms with Crippen LogP contribution in [0.2, 0.25) is 0 Å². The standard InChI is InChI=1S/C32H37N7O4S/c1-20-16-33-32(44-20)21-7-6-8-24(13-21)39-31-29(36-37-39)30(34-19-35-31)38(17-22-9-11-25(40-2)14-27(22)42-4)18-23-10-12-26(41-3)15-28(23)43-5/h9-12,14-16,19,21,24H,6-8,13,17-18H2,1-5H3. The van der Waals surface area contributed by atoms with Gasteiger partial charge in [-0.15, -0.1) is 16.4 Å². The molecule has 11 nitrogen and oxygen atoms in total. The van der Waals surface area contributed by atoms with Crippen molar-refractivity contribution in [2.45, 2.75) is 57.7 Å². The van der Waals surface area contributed by atoms with Crippen molar-refractivity contribution >= 4 is 28.3 Å². The number of benzene rings is 2. The van der Waals surface area contributed by atoms with Gasteiger partial charge in [0.05, 0.1) is 39.5 Å². The summed E-state index contributed by atoms with van der Waals surface area (Å²) in [6.45, 7) is 3.08. The zero-order valence-corrected chi connectivity index (χ0v) is 26.5. The molecule has 0 N–H and O–H groups in total. The Balaban J connectivity index is 1.38. The predicted octanol–water partition coefficient (Wildman–Crippen LogP) is 6.13. The molecule has 1 saturated carbocycles. The van der Waals surface area contributed by atoms with Gasteiger partial charge in [-0.2, -0.15) is 0 Å². The third-order valence-electron chi connectivity index (χ3n) is 8.23. The second-order valence-electron chi connectivity index (χ2n) is 10.9. The van der Waals surface area contributed by atoms with E-state index in [1.807, 2.05) is 47.3 Å². The SMILES string of the molecule is COc1ccc(CN(Cc2ccc(OC)cc2OC)c2ncnc3c2nnn3C2CCCC(c3ncc(C)s3)C2)c(OC)c1. The minimum Gasteiger partial charge on any atom is -0.497 e. The quantitative estimate of drug-likeness (QED) is 0.172. The molecule has 2 atom stereocenters. The molecule has 44 heavy (non-hydrogen) atoms. The van der Waals surface area contributed by atoms with E-state index in [0.29, 0.717) is 30.3 Å². The molecule has 1 aliphatic rings. The van der Waals surface area contributed by atoms with Gasteiger partial charge in [-0.05, 0) is 50.5 Å². The Morgan fingerprint density at radius 2 is 1.55 bits per heavy atom. The number of thiazole rings is 1. The molecule has 0 bridgehead atoms. The van der Waals surface area contributed by atoms with Gasteiger partial charge in [-0.3, -0.25) is 0 Å². The summed E-state index contributed by atoms with van der Waals surface area (Å²) >= 11 is 1.79. The molecule has 5 aromatic rings. The summed E-state index contributed by atoms with van der Waals surface area (Å²) in [6, 6.07) is 11.8. The molecular formula is C32H37N7O4S. The third-order valence-corrected chi connectivity index (χ3v) is 9.31. The number of nitrogens with zero attached hydrogens (tertiary/aromatic N) is 7. The van der Waals surface area contributed by atoms with Gasteiger partial charge < -0.3 is 23.8 Å². The molecule has 1 fully saturated rings. The molecule has 12 heteroatoms. The highest BCUT2D eigenvalue weighted by Gasteiger charge is 2.30. The van der Waals surface area contributed by atoms with Gasteiger partial charge in [0.1, 0.15) is 29.3 Å². The van der Waals surface area contributed by atoms with E-state index in [0.717, 1.165) is 65.5 Å². The first-order chi connectivity index (χ1) is 21.5. The van der Waals surface area contributed by atoms with Crippen molar-refractivity contribution in [1.82, 2.24) is 29.9 Å². The van der Waals surface area contributed by atoms with Crippen molar-refractivity contribution in [3.63, 3.8) is 0 Å². The Hall–Kier alpha value is -4.45. The van der Waals surface area contributed by atoms with Crippen LogP contribution in [-0.4, -0.2) is 58.4 Å². The molecule has 2 aromatic carbocycles. The van der Waals surface area contributed by atoms with Gasteiger partial charge in [-0.1, -0.05) is 11.6 Å². The summed E-state index contributed by atoms with van der Waals surface area (Å²) in [5, 5.41) is 10.5. The Kier molecular flexibility index (Phi) is 8.78. The second-order valence-corrected chi connectivity index (χ2v) is 12.2. The number of methoxy groups -OCH3 is 4. The first-order valence-corrected chi connectivity index (χ1v) is 15.5. The molecule has 0 amide bonds. The van der Waals surface area contributed by atoms with E-state index in [1.54, 1.807) is 46.1 Å². The van der Waals surface area contributed by atoms with E-state index in [4.69, 9.17) is 28.9 Å². The number of hydrogen-bond acceptors (Lipinski definition) is 11. The van der Waals surface area contributed by atoms with E-state index < -0.39 is 0 Å². The van der Waals surface area contributed by atoms with E-state index in [-0.39, 0.29) is 6.04 Å². The molecule has 2 unspecified atom stereocenters. The lowest BCUT2D eigenvalue weighted by atomic mass is 9.86. The summed E-state index contributed by atoms with van der Waals surface area (Å²) in [5.41, 5.74) is 3.31. The third kappa shape index (κ3) is 5.99. The largest absolute Gasteiger partial charge is 0.497 e. The maximum Gasteiger partial charge on any atom is 0.184 e. The second kappa shape index (κ2) is 13.0. The number of aromatic nitrogens is 6. The highest BCUT2D eigenvalue weighted by molar-refractivity contribution is 7.11. The van der Waals surface area contributed by atoms with Gasteiger partial charge in [0.15, 0.2) is 17.0 Å². The fraction of sp³-hybridized carbons (Fsp3) is 0.406. The number of fused-ring (bicyclic) bond motifs is 1. The smallest absolute Gasteiger partial charge is 0.184 e. The van der Waals surface area contributed by atoms with Gasteiger partial charge in [-0.25, -0.2) is 19.6 Å². The molecule has 0 radical (unpaired) electrons. The molecule has 3 heterocycles. The van der Waals surface area contributed by atoms with Crippen LogP contribution in [0.4, 0.5) is 5.82 Å². The highest BCUT2D eigenvalue weighted by atomic mass is 32.1. The number of aryl methyl sites for hydroxylation is 1. The van der Waals surface area contributed by atoms with Crippen molar-refractivity contribution in [2.75, 3.05) is 33.3 Å². The van der Waals surface area contributed by atoms with Crippen molar-refractivity contribution in [3.05, 3.63) is 69.9 Å². The van der Waals surface area contributed by atoms with Crippen LogP contribution < -0.4 is 23.8 Å². The van der Waals surface area contributed by atoms with E-state index in [1.165, 1.54) is 9.88 Å². The van der Waals surface area contributed by atoms with Crippen LogP contribution in [0.5, 0.6) is 23.0 Å². The zero-order chi connectivity index (χ0) is 30.6. The summed E-state index contributed by atoms with van der Waals surface area (Å²) in [4.78, 5) is 17.5. The Labute approximate surface area is 260 Å². The lowest BCUT2D eigenvalue weighted by Crippen LogP contribution is -2.24. The van der Waals surface area contributed by atoms with Gasteiger partial charge >= 0.3 is 0 Å². The van der Waals surface area contributed by atoms with Crippen LogP contribution in [0.1, 0.15) is 58.7 Å². The van der Waals surface area contributed by atoms with Crippen LogP contribution >= 0.6 is 11.3 Å².